The Hall–Kier alpha value is -2.41. The van der Waals surface area contributed by atoms with Crippen LogP contribution in [0.2, 0.25) is 0 Å². The highest BCUT2D eigenvalue weighted by Gasteiger charge is 2.28. The monoisotopic (exact) mass is 416 g/mol. The second-order valence-electron chi connectivity index (χ2n) is 8.07. The van der Waals surface area contributed by atoms with Gasteiger partial charge in [-0.15, -0.1) is 0 Å². The number of hydrogen-bond acceptors (Lipinski definition) is 5. The zero-order chi connectivity index (χ0) is 21.5. The highest BCUT2D eigenvalue weighted by Crippen LogP contribution is 2.23. The van der Waals surface area contributed by atoms with Crippen LogP contribution in [-0.2, 0) is 14.3 Å². The van der Waals surface area contributed by atoms with Crippen LogP contribution in [0.5, 0.6) is 5.75 Å². The zero-order valence-electron chi connectivity index (χ0n) is 18.0. The molecule has 7 heteroatoms. The summed E-state index contributed by atoms with van der Waals surface area (Å²) in [6.07, 6.45) is 3.88. The molecule has 2 heterocycles. The van der Waals surface area contributed by atoms with Gasteiger partial charge < -0.3 is 19.3 Å². The summed E-state index contributed by atoms with van der Waals surface area (Å²) < 4.78 is 11.0. The van der Waals surface area contributed by atoms with Crippen LogP contribution in [-0.4, -0.2) is 73.4 Å². The Kier molecular flexibility index (Phi) is 7.85. The number of ether oxygens (including phenoxy) is 2. The number of carbonyl (C=O) groups excluding carboxylic acids is 3. The molecule has 2 fully saturated rings. The molecule has 3 rings (SSSR count). The van der Waals surface area contributed by atoms with E-state index in [-0.39, 0.29) is 36.2 Å². The van der Waals surface area contributed by atoms with Crippen LogP contribution >= 0.6 is 0 Å². The van der Waals surface area contributed by atoms with E-state index in [0.29, 0.717) is 38.2 Å². The fraction of sp³-hybridized carbons (Fsp3) is 0.609. The fourth-order valence-electron chi connectivity index (χ4n) is 4.20. The van der Waals surface area contributed by atoms with Gasteiger partial charge in [-0.1, -0.05) is 6.92 Å². The summed E-state index contributed by atoms with van der Waals surface area (Å²) in [6.45, 7) is 4.54. The van der Waals surface area contributed by atoms with Crippen molar-refractivity contribution < 1.29 is 23.9 Å². The number of methoxy groups -OCH3 is 1. The average Bonchev–Trinajstić information content (AvgIpc) is 2.79. The van der Waals surface area contributed by atoms with E-state index < -0.39 is 0 Å². The summed E-state index contributed by atoms with van der Waals surface area (Å²) in [5.74, 6) is 0.925. The predicted molar refractivity (Wildman–Crippen MR) is 112 cm³/mol. The molecule has 30 heavy (non-hydrogen) atoms. The van der Waals surface area contributed by atoms with E-state index in [1.54, 1.807) is 21.9 Å². The predicted octanol–water partition coefficient (Wildman–Crippen LogP) is 2.53. The molecule has 7 nitrogen and oxygen atoms in total. The molecule has 2 aliphatic rings. The lowest BCUT2D eigenvalue weighted by molar-refractivity contribution is -0.136. The minimum atomic E-state index is -0.0306. The number of ketones is 1. The quantitative estimate of drug-likeness (QED) is 0.683. The van der Waals surface area contributed by atoms with Gasteiger partial charge >= 0.3 is 0 Å². The van der Waals surface area contributed by atoms with Gasteiger partial charge in [-0.05, 0) is 37.1 Å². The molecular weight excluding hydrogens is 384 g/mol. The van der Waals surface area contributed by atoms with Gasteiger partial charge in [0.1, 0.15) is 24.2 Å². The molecule has 1 aromatic carbocycles. The van der Waals surface area contributed by atoms with Gasteiger partial charge in [0.2, 0.25) is 5.91 Å². The van der Waals surface area contributed by atoms with Crippen molar-refractivity contribution in [3.05, 3.63) is 29.8 Å². The maximum atomic E-state index is 12.8. The number of Topliss-reactive ketones (excluding diaryl/α,β-unsaturated/α-hetero) is 1. The molecule has 2 aliphatic heterocycles. The minimum absolute atomic E-state index is 0.0133. The summed E-state index contributed by atoms with van der Waals surface area (Å²) in [5, 5.41) is 0. The number of nitrogens with zero attached hydrogens (tertiary/aromatic N) is 2. The van der Waals surface area contributed by atoms with Crippen molar-refractivity contribution >= 4 is 17.6 Å². The van der Waals surface area contributed by atoms with E-state index in [1.807, 2.05) is 19.1 Å². The van der Waals surface area contributed by atoms with Crippen LogP contribution in [0.15, 0.2) is 24.3 Å². The number of benzene rings is 1. The molecule has 0 spiro atoms. The Labute approximate surface area is 178 Å². The molecule has 0 saturated carbocycles. The molecule has 0 bridgehead atoms. The van der Waals surface area contributed by atoms with Gasteiger partial charge in [0.25, 0.3) is 5.91 Å². The summed E-state index contributed by atoms with van der Waals surface area (Å²) in [6, 6.07) is 7.24. The largest absolute Gasteiger partial charge is 0.490 e. The van der Waals surface area contributed by atoms with Crippen molar-refractivity contribution in [3.63, 3.8) is 0 Å². The highest BCUT2D eigenvalue weighted by molar-refractivity contribution is 5.95. The number of piperidine rings is 2. The average molecular weight is 417 g/mol. The lowest BCUT2D eigenvalue weighted by atomic mass is 9.92. The Balaban J connectivity index is 1.51. The Morgan fingerprint density at radius 3 is 2.33 bits per heavy atom. The molecule has 0 aliphatic carbocycles. The van der Waals surface area contributed by atoms with Crippen LogP contribution in [0.25, 0.3) is 0 Å². The van der Waals surface area contributed by atoms with Gasteiger partial charge in [-0.25, -0.2) is 0 Å². The number of amides is 2. The minimum Gasteiger partial charge on any atom is -0.490 e. The molecule has 0 N–H and O–H groups in total. The third-order valence-corrected chi connectivity index (χ3v) is 5.98. The summed E-state index contributed by atoms with van der Waals surface area (Å²) >= 11 is 0. The lowest BCUT2D eigenvalue weighted by Crippen LogP contribution is -2.43. The van der Waals surface area contributed by atoms with Crippen molar-refractivity contribution in [1.82, 2.24) is 9.80 Å². The molecule has 1 aromatic rings. The Morgan fingerprint density at radius 2 is 1.70 bits per heavy atom. The SMILES string of the molecule is CCC(=O)C1CCCN(C(=O)c2ccc(OC3CCN(C(=O)COC)CC3)cc2)C1. The van der Waals surface area contributed by atoms with E-state index in [9.17, 15) is 14.4 Å². The molecule has 0 radical (unpaired) electrons. The normalized spacial score (nSPS) is 20.1. The number of rotatable bonds is 7. The van der Waals surface area contributed by atoms with E-state index in [2.05, 4.69) is 0 Å². The van der Waals surface area contributed by atoms with Gasteiger partial charge in [-0.3, -0.25) is 14.4 Å². The molecular formula is C23H32N2O5. The van der Waals surface area contributed by atoms with Crippen LogP contribution in [0.4, 0.5) is 0 Å². The first-order chi connectivity index (χ1) is 14.5. The first-order valence-electron chi connectivity index (χ1n) is 10.9. The third-order valence-electron chi connectivity index (χ3n) is 5.98. The Morgan fingerprint density at radius 1 is 1.00 bits per heavy atom. The summed E-state index contributed by atoms with van der Waals surface area (Å²) in [5.41, 5.74) is 0.618. The van der Waals surface area contributed by atoms with Crippen LogP contribution in [0.3, 0.4) is 0 Å². The van der Waals surface area contributed by atoms with E-state index in [1.165, 1.54) is 7.11 Å². The highest BCUT2D eigenvalue weighted by atomic mass is 16.5. The first kappa shape index (κ1) is 22.3. The molecule has 2 amide bonds. The molecule has 1 atom stereocenters. The van der Waals surface area contributed by atoms with Crippen LogP contribution in [0.1, 0.15) is 49.4 Å². The van der Waals surface area contributed by atoms with Crippen LogP contribution < -0.4 is 4.74 Å². The second kappa shape index (κ2) is 10.6. The number of hydrogen-bond donors (Lipinski definition) is 0. The molecule has 0 aromatic heterocycles. The molecule has 164 valence electrons. The van der Waals surface area contributed by atoms with Crippen LogP contribution in [0, 0.1) is 5.92 Å². The van der Waals surface area contributed by atoms with Gasteiger partial charge in [-0.2, -0.15) is 0 Å². The number of likely N-dealkylation sites (tertiary alicyclic amines) is 2. The van der Waals surface area contributed by atoms with Crippen molar-refractivity contribution in [1.29, 1.82) is 0 Å². The standard InChI is InChI=1S/C23H32N2O5/c1-3-21(26)18-5-4-12-25(15-18)23(28)17-6-8-19(9-7-17)30-20-10-13-24(14-11-20)22(27)16-29-2/h6-9,18,20H,3-5,10-16H2,1-2H3. The summed E-state index contributed by atoms with van der Waals surface area (Å²) in [7, 11) is 1.52. The zero-order valence-corrected chi connectivity index (χ0v) is 18.0. The summed E-state index contributed by atoms with van der Waals surface area (Å²) in [4.78, 5) is 40.3. The van der Waals surface area contributed by atoms with E-state index in [4.69, 9.17) is 9.47 Å². The molecule has 2 saturated heterocycles. The maximum absolute atomic E-state index is 12.8. The van der Waals surface area contributed by atoms with E-state index >= 15 is 0 Å². The maximum Gasteiger partial charge on any atom is 0.253 e. The third kappa shape index (κ3) is 5.59. The van der Waals surface area contributed by atoms with Crippen molar-refractivity contribution in [2.24, 2.45) is 5.92 Å². The topological polar surface area (TPSA) is 76.2 Å². The fourth-order valence-corrected chi connectivity index (χ4v) is 4.20. The van der Waals surface area contributed by atoms with Gasteiger partial charge in [0.05, 0.1) is 0 Å². The lowest BCUT2D eigenvalue weighted by Gasteiger charge is -2.32. The van der Waals surface area contributed by atoms with Crippen molar-refractivity contribution in [2.75, 3.05) is 39.9 Å². The number of carbonyl (C=O) groups is 3. The van der Waals surface area contributed by atoms with E-state index in [0.717, 1.165) is 31.4 Å². The Bertz CT molecular complexity index is 740. The smallest absolute Gasteiger partial charge is 0.253 e. The van der Waals surface area contributed by atoms with Gasteiger partial charge in [0, 0.05) is 64.0 Å². The first-order valence-corrected chi connectivity index (χ1v) is 10.9. The second-order valence-corrected chi connectivity index (χ2v) is 8.07. The van der Waals surface area contributed by atoms with Crippen molar-refractivity contribution in [2.45, 2.75) is 45.1 Å². The van der Waals surface area contributed by atoms with Gasteiger partial charge in [0.15, 0.2) is 0 Å². The molecule has 1 unspecified atom stereocenters. The van der Waals surface area contributed by atoms with Crippen molar-refractivity contribution in [3.8, 4) is 5.75 Å².